The van der Waals surface area contributed by atoms with Gasteiger partial charge in [-0.2, -0.15) is 0 Å². The van der Waals surface area contributed by atoms with E-state index in [0.29, 0.717) is 25.9 Å². The topological polar surface area (TPSA) is 95.9 Å². The number of unbranched alkanes of at least 4 members (excludes halogenated alkanes) is 46. The molecule has 0 bridgehead atoms. The lowest BCUT2D eigenvalue weighted by atomic mass is 10.0. The third-order valence-electron chi connectivity index (χ3n) is 14.8. The molecule has 0 aromatic heterocycles. The molecule has 0 saturated heterocycles. The van der Waals surface area contributed by atoms with Crippen LogP contribution in [0.5, 0.6) is 0 Å². The minimum atomic E-state index is -0.663. The molecule has 410 valence electrons. The van der Waals surface area contributed by atoms with Crippen LogP contribution in [0, 0.1) is 0 Å². The number of carbonyl (C=O) groups excluding carboxylic acids is 2. The first-order chi connectivity index (χ1) is 34.0. The van der Waals surface area contributed by atoms with Gasteiger partial charge in [0.05, 0.1) is 25.4 Å². The number of rotatable bonds is 59. The highest BCUT2D eigenvalue weighted by molar-refractivity contribution is 5.76. The van der Waals surface area contributed by atoms with Gasteiger partial charge in [-0.1, -0.05) is 302 Å². The van der Waals surface area contributed by atoms with E-state index in [1.54, 1.807) is 0 Å². The zero-order chi connectivity index (χ0) is 50.0. The van der Waals surface area contributed by atoms with Crippen LogP contribution in [0.25, 0.3) is 0 Å². The van der Waals surface area contributed by atoms with Crippen molar-refractivity contribution in [3.63, 3.8) is 0 Å². The molecular formula is C63H123NO5. The Balaban J connectivity index is 3.36. The highest BCUT2D eigenvalue weighted by Crippen LogP contribution is 2.18. The van der Waals surface area contributed by atoms with Crippen LogP contribution in [-0.4, -0.2) is 47.4 Å². The van der Waals surface area contributed by atoms with Gasteiger partial charge in [-0.15, -0.1) is 0 Å². The van der Waals surface area contributed by atoms with Crippen LogP contribution in [0.1, 0.15) is 354 Å². The van der Waals surface area contributed by atoms with E-state index >= 15 is 0 Å². The van der Waals surface area contributed by atoms with Crippen LogP contribution in [0.15, 0.2) is 12.2 Å². The number of amides is 1. The summed E-state index contributed by atoms with van der Waals surface area (Å²) >= 11 is 0. The summed E-state index contributed by atoms with van der Waals surface area (Å²) in [4.78, 5) is 24.5. The van der Waals surface area contributed by atoms with E-state index in [0.717, 1.165) is 44.9 Å². The normalized spacial score (nSPS) is 12.6. The number of ether oxygens (including phenoxy) is 1. The molecule has 0 aliphatic rings. The zero-order valence-corrected chi connectivity index (χ0v) is 46.8. The van der Waals surface area contributed by atoms with E-state index in [4.69, 9.17) is 4.74 Å². The molecule has 0 spiro atoms. The Labute approximate surface area is 431 Å². The molecule has 3 N–H and O–H groups in total. The number of nitrogens with one attached hydrogen (secondary N) is 1. The number of hydrogen-bond acceptors (Lipinski definition) is 5. The highest BCUT2D eigenvalue weighted by atomic mass is 16.5. The smallest absolute Gasteiger partial charge is 0.305 e. The van der Waals surface area contributed by atoms with E-state index in [9.17, 15) is 19.8 Å². The van der Waals surface area contributed by atoms with Crippen molar-refractivity contribution in [1.29, 1.82) is 0 Å². The number of esters is 1. The van der Waals surface area contributed by atoms with E-state index in [-0.39, 0.29) is 18.5 Å². The first-order valence-electron chi connectivity index (χ1n) is 31.4. The fraction of sp³-hybridized carbons (Fsp3) is 0.937. The van der Waals surface area contributed by atoms with Crippen molar-refractivity contribution in [3.8, 4) is 0 Å². The van der Waals surface area contributed by atoms with Crippen LogP contribution in [0.2, 0.25) is 0 Å². The summed E-state index contributed by atoms with van der Waals surface area (Å²) in [5.41, 5.74) is 0. The number of aliphatic hydroxyl groups is 2. The molecule has 69 heavy (non-hydrogen) atoms. The second kappa shape index (κ2) is 59.2. The summed E-state index contributed by atoms with van der Waals surface area (Å²) in [5, 5.41) is 23.3. The van der Waals surface area contributed by atoms with Gasteiger partial charge in [0.1, 0.15) is 0 Å². The van der Waals surface area contributed by atoms with Crippen LogP contribution >= 0.6 is 0 Å². The molecule has 0 heterocycles. The molecule has 6 heteroatoms. The predicted octanol–water partition coefficient (Wildman–Crippen LogP) is 19.6. The van der Waals surface area contributed by atoms with Crippen molar-refractivity contribution in [2.24, 2.45) is 0 Å². The maximum atomic E-state index is 12.5. The Morgan fingerprint density at radius 3 is 1.06 bits per heavy atom. The van der Waals surface area contributed by atoms with Crippen molar-refractivity contribution in [2.45, 2.75) is 366 Å². The Morgan fingerprint density at radius 1 is 0.391 bits per heavy atom. The van der Waals surface area contributed by atoms with Crippen LogP contribution in [0.4, 0.5) is 0 Å². The van der Waals surface area contributed by atoms with Crippen molar-refractivity contribution >= 4 is 11.9 Å². The maximum Gasteiger partial charge on any atom is 0.305 e. The third kappa shape index (κ3) is 55.8. The van der Waals surface area contributed by atoms with Gasteiger partial charge in [-0.05, 0) is 51.4 Å². The van der Waals surface area contributed by atoms with Gasteiger partial charge in [-0.25, -0.2) is 0 Å². The minimum absolute atomic E-state index is 0.00597. The van der Waals surface area contributed by atoms with Crippen molar-refractivity contribution in [1.82, 2.24) is 5.32 Å². The predicted molar refractivity (Wildman–Crippen MR) is 301 cm³/mol. The van der Waals surface area contributed by atoms with Gasteiger partial charge < -0.3 is 20.3 Å². The second-order valence-electron chi connectivity index (χ2n) is 21.7. The van der Waals surface area contributed by atoms with E-state index < -0.39 is 12.1 Å². The number of aliphatic hydroxyl groups excluding tert-OH is 2. The Bertz CT molecular complexity index is 1030. The quantitative estimate of drug-likeness (QED) is 0.0321. The Morgan fingerprint density at radius 2 is 0.681 bits per heavy atom. The van der Waals surface area contributed by atoms with E-state index in [2.05, 4.69) is 31.3 Å². The van der Waals surface area contributed by atoms with E-state index in [1.165, 1.54) is 276 Å². The molecule has 2 atom stereocenters. The first-order valence-corrected chi connectivity index (χ1v) is 31.4. The summed E-state index contributed by atoms with van der Waals surface area (Å²) in [6, 6.07) is -0.540. The van der Waals surface area contributed by atoms with Gasteiger partial charge in [0.25, 0.3) is 0 Å². The zero-order valence-electron chi connectivity index (χ0n) is 46.8. The summed E-state index contributed by atoms with van der Waals surface area (Å²) in [6.07, 6.45) is 70.8. The second-order valence-corrected chi connectivity index (χ2v) is 21.7. The third-order valence-corrected chi connectivity index (χ3v) is 14.8. The monoisotopic (exact) mass is 974 g/mol. The van der Waals surface area contributed by atoms with Crippen LogP contribution in [0.3, 0.4) is 0 Å². The van der Waals surface area contributed by atoms with E-state index in [1.807, 2.05) is 0 Å². The lowest BCUT2D eigenvalue weighted by Crippen LogP contribution is -2.45. The fourth-order valence-electron chi connectivity index (χ4n) is 9.99. The number of carbonyl (C=O) groups is 2. The van der Waals surface area contributed by atoms with Crippen LogP contribution < -0.4 is 5.32 Å². The van der Waals surface area contributed by atoms with Crippen molar-refractivity contribution < 1.29 is 24.5 Å². The number of hydrogen-bond donors (Lipinski definition) is 3. The molecule has 0 radical (unpaired) electrons. The molecule has 0 aliphatic heterocycles. The van der Waals surface area contributed by atoms with Crippen molar-refractivity contribution in [2.75, 3.05) is 13.2 Å². The molecule has 0 rings (SSSR count). The largest absolute Gasteiger partial charge is 0.466 e. The van der Waals surface area contributed by atoms with Gasteiger partial charge >= 0.3 is 5.97 Å². The average Bonchev–Trinajstić information content (AvgIpc) is 3.35. The first kappa shape index (κ1) is 67.6. The minimum Gasteiger partial charge on any atom is -0.466 e. The lowest BCUT2D eigenvalue weighted by molar-refractivity contribution is -0.143. The Kier molecular flexibility index (Phi) is 58.0. The highest BCUT2D eigenvalue weighted by Gasteiger charge is 2.20. The fourth-order valence-corrected chi connectivity index (χ4v) is 9.99. The standard InChI is InChI=1S/C63H123NO5/c1-3-5-7-9-11-13-15-17-18-29-32-35-39-43-47-51-55-61(66)60(59-65)64-62(67)56-52-48-44-40-36-33-30-27-25-23-21-19-20-22-24-26-28-31-34-38-42-46-50-54-58-69-63(68)57-53-49-45-41-37-16-14-12-10-8-6-4-2/h12,14,60-61,65-66H,3-11,13,15-59H2,1-2H3,(H,64,67)/b14-12-. The number of allylic oxidation sites excluding steroid dienone is 2. The Hall–Kier alpha value is -1.40. The van der Waals surface area contributed by atoms with Gasteiger partial charge in [0.15, 0.2) is 0 Å². The molecule has 2 unspecified atom stereocenters. The molecule has 0 aliphatic carbocycles. The summed E-state index contributed by atoms with van der Waals surface area (Å²) in [5.74, 6) is -0.0250. The lowest BCUT2D eigenvalue weighted by Gasteiger charge is -2.22. The molecule has 1 amide bonds. The van der Waals surface area contributed by atoms with Crippen molar-refractivity contribution in [3.05, 3.63) is 12.2 Å². The molecule has 0 aromatic rings. The summed E-state index contributed by atoms with van der Waals surface area (Å²) < 4.78 is 5.47. The van der Waals surface area contributed by atoms with Gasteiger partial charge in [-0.3, -0.25) is 9.59 Å². The van der Waals surface area contributed by atoms with Crippen LogP contribution in [-0.2, 0) is 14.3 Å². The average molecular weight is 975 g/mol. The molecule has 0 fully saturated rings. The molecular weight excluding hydrogens is 851 g/mol. The SMILES string of the molecule is CCCCC/C=C\CCCCCCCC(=O)OCCCCCCCCCCCCCCCCCCCCCCCCCCC(=O)NC(CO)C(O)CCCCCCCCCCCCCCCCCC. The molecule has 6 nitrogen and oxygen atoms in total. The summed E-state index contributed by atoms with van der Waals surface area (Å²) in [7, 11) is 0. The maximum absolute atomic E-state index is 12.5. The molecule has 0 aromatic carbocycles. The van der Waals surface area contributed by atoms with Gasteiger partial charge in [0, 0.05) is 12.8 Å². The van der Waals surface area contributed by atoms with Gasteiger partial charge in [0.2, 0.25) is 5.91 Å². The molecule has 0 saturated carbocycles. The summed E-state index contributed by atoms with van der Waals surface area (Å²) in [6.45, 7) is 4.95.